The number of nitrogens with one attached hydrogen (secondary N) is 3. The Hall–Kier alpha value is -3.22. The van der Waals surface area contributed by atoms with Gasteiger partial charge in [0.15, 0.2) is 0 Å². The zero-order valence-electron chi connectivity index (χ0n) is 17.6. The fraction of sp³-hybridized carbons (Fsp3) is 0.667. The third-order valence-corrected chi connectivity index (χ3v) is 4.53. The molecule has 13 heteroatoms. The van der Waals surface area contributed by atoms with Crippen molar-refractivity contribution in [3.8, 4) is 0 Å². The molecule has 0 fully saturated rings. The Bertz CT molecular complexity index is 698. The van der Waals surface area contributed by atoms with E-state index in [1.807, 2.05) is 0 Å². The summed E-state index contributed by atoms with van der Waals surface area (Å²) in [5.41, 5.74) is 5.51. The molecule has 3 amide bonds. The molecule has 0 bridgehead atoms. The molecule has 0 aromatic heterocycles. The summed E-state index contributed by atoms with van der Waals surface area (Å²) in [4.78, 5) is 69.9. The van der Waals surface area contributed by atoms with Crippen molar-refractivity contribution in [3.63, 3.8) is 0 Å². The van der Waals surface area contributed by atoms with Gasteiger partial charge in [0.25, 0.3) is 0 Å². The molecule has 0 saturated carbocycles. The quantitative estimate of drug-likeness (QED) is 0.159. The number of nitrogens with two attached hydrogens (primary N) is 1. The van der Waals surface area contributed by atoms with Crippen LogP contribution in [0.1, 0.15) is 46.5 Å². The van der Waals surface area contributed by atoms with Crippen LogP contribution >= 0.6 is 0 Å². The maximum absolute atomic E-state index is 12.8. The van der Waals surface area contributed by atoms with Crippen LogP contribution in [-0.4, -0.2) is 75.1 Å². The van der Waals surface area contributed by atoms with Crippen molar-refractivity contribution in [1.82, 2.24) is 16.0 Å². The van der Waals surface area contributed by atoms with E-state index in [1.54, 1.807) is 13.8 Å². The molecule has 0 spiro atoms. The lowest BCUT2D eigenvalue weighted by Gasteiger charge is -2.27. The summed E-state index contributed by atoms with van der Waals surface area (Å²) in [7, 11) is 0. The predicted molar refractivity (Wildman–Crippen MR) is 106 cm³/mol. The van der Waals surface area contributed by atoms with Crippen molar-refractivity contribution >= 4 is 35.6 Å². The van der Waals surface area contributed by atoms with E-state index in [9.17, 15) is 28.8 Å². The van der Waals surface area contributed by atoms with Crippen molar-refractivity contribution in [2.75, 3.05) is 0 Å². The van der Waals surface area contributed by atoms with Crippen LogP contribution in [0.2, 0.25) is 0 Å². The van der Waals surface area contributed by atoms with Crippen LogP contribution in [0.4, 0.5) is 0 Å². The second-order valence-electron chi connectivity index (χ2n) is 7.14. The first-order chi connectivity index (χ1) is 14.3. The Morgan fingerprint density at radius 2 is 1.42 bits per heavy atom. The lowest BCUT2D eigenvalue weighted by atomic mass is 9.97. The van der Waals surface area contributed by atoms with Crippen LogP contribution < -0.4 is 21.7 Å². The normalized spacial score (nSPS) is 15.5. The summed E-state index contributed by atoms with van der Waals surface area (Å²) in [6.45, 7) is 4.56. The molecule has 13 nitrogen and oxygen atoms in total. The molecule has 0 aliphatic rings. The smallest absolute Gasteiger partial charge is 0.325 e. The van der Waals surface area contributed by atoms with Gasteiger partial charge < -0.3 is 37.0 Å². The topological polar surface area (TPSA) is 225 Å². The first kappa shape index (κ1) is 27.8. The number of carbonyl (C=O) groups is 6. The van der Waals surface area contributed by atoms with Crippen LogP contribution in [0.15, 0.2) is 0 Å². The van der Waals surface area contributed by atoms with Crippen LogP contribution in [0, 0.1) is 5.92 Å². The number of carboxylic acids is 3. The van der Waals surface area contributed by atoms with Gasteiger partial charge in [0.2, 0.25) is 17.7 Å². The van der Waals surface area contributed by atoms with E-state index in [4.69, 9.17) is 21.1 Å². The van der Waals surface area contributed by atoms with Gasteiger partial charge in [-0.25, -0.2) is 0 Å². The number of rotatable bonds is 14. The zero-order valence-corrected chi connectivity index (χ0v) is 17.6. The maximum atomic E-state index is 12.8. The summed E-state index contributed by atoms with van der Waals surface area (Å²) >= 11 is 0. The molecule has 0 aliphatic heterocycles. The van der Waals surface area contributed by atoms with E-state index in [2.05, 4.69) is 16.0 Å². The number of amides is 3. The highest BCUT2D eigenvalue weighted by Crippen LogP contribution is 2.10. The molecule has 0 aliphatic carbocycles. The summed E-state index contributed by atoms with van der Waals surface area (Å²) in [5, 5.41) is 33.4. The van der Waals surface area contributed by atoms with Gasteiger partial charge in [0, 0.05) is 6.42 Å². The fourth-order valence-electron chi connectivity index (χ4n) is 2.42. The van der Waals surface area contributed by atoms with E-state index in [1.165, 1.54) is 6.92 Å². The standard InChI is InChI=1S/C18H30N4O9/c1-4-8(2)14(22-15(27)10(19)7-13(25)26)17(29)21-11(5-6-12(23)24)16(28)20-9(3)18(30)31/h8-11,14H,4-7,19H2,1-3H3,(H,20,28)(H,21,29)(H,22,27)(H,23,24)(H,25,26)(H,30,31)/t8-,9-,10-,11-,14-/m0/s1. The van der Waals surface area contributed by atoms with Crippen molar-refractivity contribution in [2.45, 2.75) is 70.6 Å². The Kier molecular flexibility index (Phi) is 11.8. The van der Waals surface area contributed by atoms with Crippen LogP contribution in [0.5, 0.6) is 0 Å². The molecule has 0 rings (SSSR count). The van der Waals surface area contributed by atoms with Gasteiger partial charge in [-0.2, -0.15) is 0 Å². The average molecular weight is 446 g/mol. The lowest BCUT2D eigenvalue weighted by Crippen LogP contribution is -2.58. The van der Waals surface area contributed by atoms with E-state index >= 15 is 0 Å². The summed E-state index contributed by atoms with van der Waals surface area (Å²) in [6, 6.07) is -5.24. The molecule has 0 heterocycles. The zero-order chi connectivity index (χ0) is 24.3. The second kappa shape index (κ2) is 13.2. The summed E-state index contributed by atoms with van der Waals surface area (Å²) < 4.78 is 0. The van der Waals surface area contributed by atoms with E-state index in [0.717, 1.165) is 0 Å². The molecule has 0 saturated heterocycles. The fourth-order valence-corrected chi connectivity index (χ4v) is 2.42. The van der Waals surface area contributed by atoms with Crippen LogP contribution in [0.3, 0.4) is 0 Å². The first-order valence-electron chi connectivity index (χ1n) is 9.63. The van der Waals surface area contributed by atoms with Gasteiger partial charge in [-0.1, -0.05) is 20.3 Å². The molecular weight excluding hydrogens is 416 g/mol. The van der Waals surface area contributed by atoms with Crippen molar-refractivity contribution < 1.29 is 44.1 Å². The molecule has 31 heavy (non-hydrogen) atoms. The minimum atomic E-state index is -1.40. The molecular formula is C18H30N4O9. The average Bonchev–Trinajstić information content (AvgIpc) is 2.67. The van der Waals surface area contributed by atoms with Gasteiger partial charge >= 0.3 is 17.9 Å². The monoisotopic (exact) mass is 446 g/mol. The van der Waals surface area contributed by atoms with Gasteiger partial charge in [-0.15, -0.1) is 0 Å². The van der Waals surface area contributed by atoms with Gasteiger partial charge in [0.1, 0.15) is 18.1 Å². The van der Waals surface area contributed by atoms with Crippen molar-refractivity contribution in [1.29, 1.82) is 0 Å². The van der Waals surface area contributed by atoms with Crippen LogP contribution in [0.25, 0.3) is 0 Å². The summed E-state index contributed by atoms with van der Waals surface area (Å²) in [5.74, 6) is -6.90. The van der Waals surface area contributed by atoms with Crippen molar-refractivity contribution in [2.24, 2.45) is 11.7 Å². The number of aliphatic carboxylic acids is 3. The van der Waals surface area contributed by atoms with E-state index in [-0.39, 0.29) is 6.42 Å². The van der Waals surface area contributed by atoms with Crippen molar-refractivity contribution in [3.05, 3.63) is 0 Å². The highest BCUT2D eigenvalue weighted by molar-refractivity contribution is 5.95. The maximum Gasteiger partial charge on any atom is 0.325 e. The molecule has 0 aromatic rings. The SMILES string of the molecule is CC[C@H](C)[C@H](NC(=O)[C@@H](N)CC(=O)O)C(=O)N[C@@H](CCC(=O)O)C(=O)N[C@@H](C)C(=O)O. The first-order valence-corrected chi connectivity index (χ1v) is 9.63. The number of carbonyl (C=O) groups excluding carboxylic acids is 3. The highest BCUT2D eigenvalue weighted by atomic mass is 16.4. The summed E-state index contributed by atoms with van der Waals surface area (Å²) in [6.07, 6.45) is -1.03. The lowest BCUT2D eigenvalue weighted by molar-refractivity contribution is -0.142. The molecule has 0 aromatic carbocycles. The highest BCUT2D eigenvalue weighted by Gasteiger charge is 2.32. The van der Waals surface area contributed by atoms with E-state index in [0.29, 0.717) is 6.42 Å². The number of hydrogen-bond acceptors (Lipinski definition) is 7. The molecule has 0 radical (unpaired) electrons. The Morgan fingerprint density at radius 3 is 1.87 bits per heavy atom. The Balaban J connectivity index is 5.47. The number of hydrogen-bond donors (Lipinski definition) is 7. The van der Waals surface area contributed by atoms with Crippen LogP contribution in [-0.2, 0) is 28.8 Å². The third kappa shape index (κ3) is 10.4. The largest absolute Gasteiger partial charge is 0.481 e. The van der Waals surface area contributed by atoms with Gasteiger partial charge in [-0.3, -0.25) is 28.8 Å². The second-order valence-corrected chi connectivity index (χ2v) is 7.14. The van der Waals surface area contributed by atoms with E-state index < -0.39 is 78.6 Å². The number of carboxylic acid groups (broad SMARTS) is 3. The third-order valence-electron chi connectivity index (χ3n) is 4.53. The van der Waals surface area contributed by atoms with Gasteiger partial charge in [0.05, 0.1) is 12.5 Å². The molecule has 8 N–H and O–H groups in total. The van der Waals surface area contributed by atoms with Gasteiger partial charge in [-0.05, 0) is 19.3 Å². The predicted octanol–water partition coefficient (Wildman–Crippen LogP) is -1.74. The molecule has 176 valence electrons. The molecule has 0 unspecified atom stereocenters. The minimum absolute atomic E-state index is 0.320. The Morgan fingerprint density at radius 1 is 0.839 bits per heavy atom. The Labute approximate surface area is 178 Å². The molecule has 5 atom stereocenters. The minimum Gasteiger partial charge on any atom is -0.481 e.